The summed E-state index contributed by atoms with van der Waals surface area (Å²) in [6.45, 7) is 48.3. The van der Waals surface area contributed by atoms with Crippen molar-refractivity contribution in [1.82, 2.24) is 43.7 Å². The van der Waals surface area contributed by atoms with Gasteiger partial charge in [0.05, 0.1) is 56.2 Å². The van der Waals surface area contributed by atoms with E-state index in [9.17, 15) is 14.7 Å². The van der Waals surface area contributed by atoms with Crippen molar-refractivity contribution in [3.8, 4) is 6.07 Å². The lowest BCUT2D eigenvalue weighted by Gasteiger charge is -2.40. The molecule has 0 aliphatic carbocycles. The lowest BCUT2D eigenvalue weighted by molar-refractivity contribution is -0.0467. The normalized spacial score (nSPS) is 20.5. The molecule has 8 rings (SSSR count). The molecule has 2 amide bonds. The van der Waals surface area contributed by atoms with Crippen molar-refractivity contribution in [2.75, 3.05) is 56.0 Å². The highest BCUT2D eigenvalue weighted by molar-refractivity contribution is 8.00. The molecule has 6 heterocycles. The van der Waals surface area contributed by atoms with E-state index in [-0.39, 0.29) is 106 Å². The number of hydrogen-bond acceptors (Lipinski definition) is 18. The third-order valence-corrected chi connectivity index (χ3v) is 29.4. The number of fused-ring (bicyclic) bond motifs is 2. The zero-order chi connectivity index (χ0) is 67.3. The first-order valence-electron chi connectivity index (χ1n) is 31.0. The third-order valence-electron chi connectivity index (χ3n) is 17.2. The van der Waals surface area contributed by atoms with E-state index in [1.807, 2.05) is 58.5 Å². The minimum Gasteiger partial charge on any atom is -0.409 e. The van der Waals surface area contributed by atoms with Gasteiger partial charge in [-0.25, -0.2) is 29.9 Å². The Kier molecular flexibility index (Phi) is 26.7. The highest BCUT2D eigenvalue weighted by atomic mass is 32.4. The Morgan fingerprint density at radius 3 is 1.47 bits per heavy atom. The average Bonchev–Trinajstić information content (AvgIpc) is 1.63. The molecule has 2 aromatic carbocycles. The second-order valence-corrected chi connectivity index (χ2v) is 40.1. The van der Waals surface area contributed by atoms with Gasteiger partial charge < -0.3 is 23.4 Å². The number of aliphatic hydroxyl groups is 1. The molecule has 1 N–H and O–H groups in total. The van der Waals surface area contributed by atoms with Crippen LogP contribution >= 0.6 is 15.2 Å². The molecule has 2 aliphatic heterocycles. The van der Waals surface area contributed by atoms with Gasteiger partial charge in [-0.15, -0.1) is 22.2 Å². The topological polar surface area (TPSA) is 230 Å². The van der Waals surface area contributed by atoms with Crippen molar-refractivity contribution in [2.45, 2.75) is 175 Å². The highest BCUT2D eigenvalue weighted by Gasteiger charge is 2.52. The molecule has 6 aromatic rings. The van der Waals surface area contributed by atoms with Gasteiger partial charge >= 0.3 is 7.15 Å². The molecule has 1 unspecified atom stereocenters. The number of anilines is 2. The maximum absolute atomic E-state index is 13.5. The van der Waals surface area contributed by atoms with E-state index < -0.39 is 36.2 Å². The molecule has 0 bridgehead atoms. The standard InChI is InChI=1S/C30H40N6O5PSSi.C27H37N5O4Si.C8H20NP/c1-8-16-35(28(37)22-13-10-9-11-14-22)26-24-27(33-19-32-26)36(20-34-24)29-25(41-44(6,7)30(3,4)5)21(2)23(40-29)18-39-42(43)38-17-12-15-31;1-8-14-31(25(34)19-12-10-9-11-13-19)23-21-24(29-16-28-23)32(17-30-21)26-22(18(2)20(15-33)35-26)36-37(6,7)27(3,4)5;1-7(2)9(8(3)4)10(5)6/h8-11,13-14,19-21,23,25,29H,1,12,16-18H2,2-7H3;8-13,16-18,20,22,26,33H,1,14-15H2,2-7H3;7-8H,1-6H3/q+1;;/t21-,23-,25-,29-;18-,20-,22-,26-;/m11./s1. The summed E-state index contributed by atoms with van der Waals surface area (Å²) in [6.07, 6.45) is 7.24. The molecular formula is C65H97N12O9P2SSi2+. The Labute approximate surface area is 548 Å². The summed E-state index contributed by atoms with van der Waals surface area (Å²) in [7, 11) is -5.89. The van der Waals surface area contributed by atoms with E-state index in [1.54, 1.807) is 58.9 Å². The van der Waals surface area contributed by atoms with Crippen LogP contribution in [0, 0.1) is 23.2 Å². The number of rotatable bonds is 24. The number of carbonyl (C=O) groups is 2. The van der Waals surface area contributed by atoms with Crippen LogP contribution in [0.2, 0.25) is 36.3 Å². The zero-order valence-corrected chi connectivity index (χ0v) is 61.2. The molecular weight excluding hydrogens is 1240 g/mol. The van der Waals surface area contributed by atoms with Crippen LogP contribution in [0.4, 0.5) is 11.6 Å². The molecule has 0 radical (unpaired) electrons. The van der Waals surface area contributed by atoms with Crippen LogP contribution in [0.5, 0.6) is 0 Å². The van der Waals surface area contributed by atoms with E-state index in [0.717, 1.165) is 0 Å². The fourth-order valence-corrected chi connectivity index (χ4v) is 16.1. The number of imidazole rings is 2. The predicted octanol–water partition coefficient (Wildman–Crippen LogP) is 13.6. The molecule has 2 saturated heterocycles. The van der Waals surface area contributed by atoms with Crippen molar-refractivity contribution in [1.29, 1.82) is 5.26 Å². The van der Waals surface area contributed by atoms with E-state index in [1.165, 1.54) is 12.7 Å². The van der Waals surface area contributed by atoms with Crippen LogP contribution in [0.1, 0.15) is 123 Å². The third kappa shape index (κ3) is 18.1. The van der Waals surface area contributed by atoms with Gasteiger partial charge in [-0.05, 0) is 110 Å². The molecule has 4 aromatic heterocycles. The SMILES string of the molecule is C=CCN(C(=O)c1ccccc1)c1ncnc2c1ncn2[C@@H]1O[C@H](CO)[C@@H](C)[C@H]1O[Si](C)(C)C(C)(C)C.C=CCN(C(=O)c1ccccc1)c1ncnc2c1ncn2[C@@H]1O[C@H](CO[P+](=S)OCCC#N)[C@@H](C)[C@H]1O[Si](C)(C)C(C)(C)C.CC(C)N(C(C)C)P(C)C. The quantitative estimate of drug-likeness (QED) is 0.0257. The first-order chi connectivity index (χ1) is 42.9. The lowest BCUT2D eigenvalue weighted by atomic mass is 10.0. The van der Waals surface area contributed by atoms with Crippen LogP contribution in [-0.2, 0) is 39.2 Å². The summed E-state index contributed by atoms with van der Waals surface area (Å²) in [5.74, 6) is 0.229. The molecule has 494 valence electrons. The monoisotopic (exact) mass is 1340 g/mol. The second-order valence-electron chi connectivity index (χ2n) is 26.6. The molecule has 9 atom stereocenters. The van der Waals surface area contributed by atoms with E-state index in [4.69, 9.17) is 44.4 Å². The summed E-state index contributed by atoms with van der Waals surface area (Å²) in [5.41, 5.74) is 3.04. The van der Waals surface area contributed by atoms with Crippen LogP contribution in [0.15, 0.2) is 111 Å². The number of nitrogens with zero attached hydrogens (tertiary/aromatic N) is 12. The molecule has 21 nitrogen and oxygen atoms in total. The van der Waals surface area contributed by atoms with Crippen LogP contribution < -0.4 is 9.80 Å². The Morgan fingerprint density at radius 1 is 0.714 bits per heavy atom. The van der Waals surface area contributed by atoms with Gasteiger partial charge in [0.25, 0.3) is 11.8 Å². The summed E-state index contributed by atoms with van der Waals surface area (Å²) >= 11 is 5.34. The largest absolute Gasteiger partial charge is 0.521 e. The Hall–Kier alpha value is -5.49. The smallest absolute Gasteiger partial charge is 0.409 e. The molecule has 91 heavy (non-hydrogen) atoms. The summed E-state index contributed by atoms with van der Waals surface area (Å²) in [5, 5.41) is 18.8. The second kappa shape index (κ2) is 32.6. The average molecular weight is 1340 g/mol. The fraction of sp³-hybridized carbons (Fsp3) is 0.554. The van der Waals surface area contributed by atoms with Gasteiger partial charge in [-0.2, -0.15) is 5.26 Å². The van der Waals surface area contributed by atoms with Crippen molar-refractivity contribution < 1.29 is 42.1 Å². The van der Waals surface area contributed by atoms with Gasteiger partial charge in [-0.1, -0.05) is 104 Å². The molecule has 0 saturated carbocycles. The first kappa shape index (κ1) is 74.6. The van der Waals surface area contributed by atoms with Gasteiger partial charge in [-0.3, -0.25) is 33.2 Å². The van der Waals surface area contributed by atoms with E-state index in [2.05, 4.69) is 163 Å². The van der Waals surface area contributed by atoms with Crippen LogP contribution in [0.25, 0.3) is 22.3 Å². The summed E-state index contributed by atoms with van der Waals surface area (Å²) < 4.78 is 44.4. The van der Waals surface area contributed by atoms with Crippen LogP contribution in [-0.4, -0.2) is 160 Å². The van der Waals surface area contributed by atoms with Gasteiger partial charge in [0.15, 0.2) is 63.1 Å². The van der Waals surface area contributed by atoms with Gasteiger partial charge in [0.2, 0.25) is 11.8 Å². The van der Waals surface area contributed by atoms with Gasteiger partial charge in [0, 0.05) is 48.1 Å². The number of hydrogen-bond donors (Lipinski definition) is 1. The predicted molar refractivity (Wildman–Crippen MR) is 372 cm³/mol. The van der Waals surface area contributed by atoms with Gasteiger partial charge in [0.1, 0.15) is 25.9 Å². The van der Waals surface area contributed by atoms with E-state index >= 15 is 0 Å². The van der Waals surface area contributed by atoms with Crippen molar-refractivity contribution in [3.05, 3.63) is 122 Å². The maximum Gasteiger partial charge on any atom is 0.521 e. The van der Waals surface area contributed by atoms with Crippen molar-refractivity contribution in [3.63, 3.8) is 0 Å². The molecule has 26 heteroatoms. The Balaban J connectivity index is 0.000000254. The molecule has 2 aliphatic rings. The Bertz CT molecular complexity index is 3410. The zero-order valence-electron chi connectivity index (χ0n) is 56.6. The molecule has 0 spiro atoms. The van der Waals surface area contributed by atoms with Crippen molar-refractivity contribution in [2.24, 2.45) is 11.8 Å². The first-order valence-corrected chi connectivity index (χ1v) is 41.2. The lowest BCUT2D eigenvalue weighted by Crippen LogP contribution is -2.46. The number of amides is 2. The highest BCUT2D eigenvalue weighted by Crippen LogP contribution is 2.47. The number of nitriles is 1. The summed E-state index contributed by atoms with van der Waals surface area (Å²) in [4.78, 5) is 57.3. The van der Waals surface area contributed by atoms with E-state index in [0.29, 0.717) is 57.2 Å². The minimum absolute atomic E-state index is 0.00388. The number of ether oxygens (including phenoxy) is 2. The number of aromatic nitrogens is 8. The maximum atomic E-state index is 13.5. The number of aliphatic hydroxyl groups excluding tert-OH is 1. The number of benzene rings is 2. The van der Waals surface area contributed by atoms with Crippen LogP contribution in [0.3, 0.4) is 0 Å². The van der Waals surface area contributed by atoms with Crippen molar-refractivity contribution >= 4 is 89.4 Å². The Morgan fingerprint density at radius 2 is 1.12 bits per heavy atom. The summed E-state index contributed by atoms with van der Waals surface area (Å²) in [6, 6.07) is 21.5. The number of carbonyl (C=O) groups excluding carboxylic acids is 2. The molecule has 2 fully saturated rings. The fourth-order valence-electron chi connectivity index (χ4n) is 10.5. The minimum atomic E-state index is -2.24.